The summed E-state index contributed by atoms with van der Waals surface area (Å²) in [5.41, 5.74) is -1.37. The first-order valence-corrected chi connectivity index (χ1v) is 10.7. The number of amides is 1. The molecule has 0 bridgehead atoms. The molecular formula is C21H20ClF2N5O5. The van der Waals surface area contributed by atoms with Gasteiger partial charge in [0.1, 0.15) is 24.1 Å². The quantitative estimate of drug-likeness (QED) is 0.516. The molecule has 3 aromatic rings. The Morgan fingerprint density at radius 2 is 2.18 bits per heavy atom. The van der Waals surface area contributed by atoms with Crippen molar-refractivity contribution in [1.29, 1.82) is 0 Å². The number of aliphatic hydroxyl groups is 1. The highest BCUT2D eigenvalue weighted by Gasteiger charge is 2.27. The molecule has 0 spiro atoms. The molecule has 3 heterocycles. The molecule has 2 N–H and O–H groups in total. The van der Waals surface area contributed by atoms with Crippen molar-refractivity contribution in [3.05, 3.63) is 62.8 Å². The number of carbonyl (C=O) groups excluding carboxylic acids is 1. The maximum Gasteiger partial charge on any atom is 0.352 e. The number of nitrogens with one attached hydrogen (secondary N) is 1. The molecule has 1 aliphatic rings. The third kappa shape index (κ3) is 4.52. The number of hydrogen-bond acceptors (Lipinski definition) is 7. The summed E-state index contributed by atoms with van der Waals surface area (Å²) in [4.78, 5) is 29.7. The Morgan fingerprint density at radius 3 is 2.79 bits per heavy atom. The van der Waals surface area contributed by atoms with Crippen LogP contribution in [0.4, 0.5) is 14.5 Å². The summed E-state index contributed by atoms with van der Waals surface area (Å²) in [7, 11) is 0. The van der Waals surface area contributed by atoms with Crippen molar-refractivity contribution >= 4 is 23.2 Å². The van der Waals surface area contributed by atoms with E-state index in [0.717, 1.165) is 16.7 Å². The van der Waals surface area contributed by atoms with Crippen LogP contribution in [0.15, 0.2) is 29.1 Å². The lowest BCUT2D eigenvalue weighted by atomic mass is 10.2. The lowest BCUT2D eigenvalue weighted by molar-refractivity contribution is 0.101. The molecule has 0 radical (unpaired) electrons. The normalized spacial score (nSPS) is 15.5. The van der Waals surface area contributed by atoms with Gasteiger partial charge in [-0.25, -0.2) is 13.6 Å². The van der Waals surface area contributed by atoms with Gasteiger partial charge in [0.2, 0.25) is 5.88 Å². The maximum absolute atomic E-state index is 15.1. The summed E-state index contributed by atoms with van der Waals surface area (Å²) in [5.74, 6) is -3.60. The van der Waals surface area contributed by atoms with Gasteiger partial charge in [-0.1, -0.05) is 17.7 Å². The molecule has 13 heteroatoms. The van der Waals surface area contributed by atoms with Gasteiger partial charge in [-0.3, -0.25) is 9.36 Å². The van der Waals surface area contributed by atoms with Crippen LogP contribution in [0.5, 0.6) is 5.88 Å². The van der Waals surface area contributed by atoms with Crippen LogP contribution >= 0.6 is 11.6 Å². The minimum atomic E-state index is -1.06. The number of aliphatic hydroxyl groups excluding tert-OH is 1. The molecule has 4 rings (SSSR count). The molecule has 180 valence electrons. The van der Waals surface area contributed by atoms with Crippen molar-refractivity contribution in [2.45, 2.75) is 32.6 Å². The Labute approximate surface area is 196 Å². The molecule has 1 unspecified atom stereocenters. The van der Waals surface area contributed by atoms with Gasteiger partial charge in [-0.05, 0) is 25.1 Å². The third-order valence-corrected chi connectivity index (χ3v) is 5.45. The van der Waals surface area contributed by atoms with Crippen molar-refractivity contribution < 1.29 is 28.2 Å². The monoisotopic (exact) mass is 495 g/mol. The van der Waals surface area contributed by atoms with Crippen molar-refractivity contribution in [2.75, 3.05) is 18.5 Å². The molecule has 1 atom stereocenters. The smallest absolute Gasteiger partial charge is 0.352 e. The highest BCUT2D eigenvalue weighted by atomic mass is 35.5. The number of rotatable bonds is 7. The molecular weight excluding hydrogens is 476 g/mol. The lowest BCUT2D eigenvalue weighted by Gasteiger charge is -2.16. The van der Waals surface area contributed by atoms with Gasteiger partial charge in [0.05, 0.1) is 23.9 Å². The number of ether oxygens (including phenoxy) is 2. The number of pyridine rings is 1. The van der Waals surface area contributed by atoms with Gasteiger partial charge >= 0.3 is 5.69 Å². The largest absolute Gasteiger partial charge is 0.471 e. The zero-order chi connectivity index (χ0) is 24.4. The minimum absolute atomic E-state index is 0.0105. The molecule has 1 amide bonds. The van der Waals surface area contributed by atoms with E-state index >= 15 is 4.39 Å². The van der Waals surface area contributed by atoms with Crippen LogP contribution in [0.1, 0.15) is 29.5 Å². The zero-order valence-corrected chi connectivity index (χ0v) is 18.7. The molecule has 34 heavy (non-hydrogen) atoms. The Balaban J connectivity index is 1.79. The molecule has 10 nitrogen and oxygen atoms in total. The van der Waals surface area contributed by atoms with Crippen molar-refractivity contribution in [3.63, 3.8) is 0 Å². The van der Waals surface area contributed by atoms with Gasteiger partial charge in [0.25, 0.3) is 5.91 Å². The Kier molecular flexibility index (Phi) is 6.91. The summed E-state index contributed by atoms with van der Waals surface area (Å²) in [6.07, 6.45) is 0.0144. The average molecular weight is 496 g/mol. The van der Waals surface area contributed by atoms with Crippen LogP contribution in [0.2, 0.25) is 5.02 Å². The molecule has 1 aliphatic heterocycles. The number of para-hydroxylation sites is 1. The molecule has 1 saturated heterocycles. The first-order chi connectivity index (χ1) is 16.3. The van der Waals surface area contributed by atoms with Gasteiger partial charge in [0, 0.05) is 13.0 Å². The van der Waals surface area contributed by atoms with E-state index < -0.39 is 41.8 Å². The van der Waals surface area contributed by atoms with Gasteiger partial charge in [-0.15, -0.1) is 5.10 Å². The van der Waals surface area contributed by atoms with Crippen molar-refractivity contribution in [1.82, 2.24) is 19.3 Å². The molecule has 0 saturated carbocycles. The van der Waals surface area contributed by atoms with E-state index in [1.807, 2.05) is 0 Å². The van der Waals surface area contributed by atoms with Crippen LogP contribution in [-0.2, 0) is 17.9 Å². The SMILES string of the molecule is CCn1c(CO)nn(-c2nc(OC3CCOC3)c(C(=O)Nc3c(F)cccc3Cl)cc2F)c1=O. The van der Waals surface area contributed by atoms with E-state index in [2.05, 4.69) is 15.4 Å². The summed E-state index contributed by atoms with van der Waals surface area (Å²) in [5, 5.41) is 15.6. The first-order valence-electron chi connectivity index (χ1n) is 10.3. The fourth-order valence-corrected chi connectivity index (χ4v) is 3.65. The topological polar surface area (TPSA) is 120 Å². The van der Waals surface area contributed by atoms with E-state index in [1.165, 1.54) is 12.1 Å². The molecule has 1 aromatic carbocycles. The maximum atomic E-state index is 15.1. The summed E-state index contributed by atoms with van der Waals surface area (Å²) >= 11 is 5.98. The number of halogens is 3. The summed E-state index contributed by atoms with van der Waals surface area (Å²) in [6, 6.07) is 4.66. The zero-order valence-electron chi connectivity index (χ0n) is 17.9. The predicted octanol–water partition coefficient (Wildman–Crippen LogP) is 2.29. The lowest BCUT2D eigenvalue weighted by Crippen LogP contribution is -2.27. The van der Waals surface area contributed by atoms with Crippen LogP contribution in [-0.4, -0.2) is 49.7 Å². The van der Waals surface area contributed by atoms with Crippen molar-refractivity contribution in [2.24, 2.45) is 0 Å². The standard InChI is InChI=1S/C21H20ClF2N5O5/c1-2-28-16(9-30)27-29(21(28)32)18-15(24)8-12(20(26-18)34-11-6-7-33-10-11)19(31)25-17-13(22)4-3-5-14(17)23/h3-5,8,11,30H,2,6-7,9-10H2,1H3,(H,25,31). The van der Waals surface area contributed by atoms with E-state index in [-0.39, 0.29) is 41.1 Å². The number of carbonyl (C=O) groups is 1. The fourth-order valence-electron chi connectivity index (χ4n) is 3.44. The summed E-state index contributed by atoms with van der Waals surface area (Å²) < 4.78 is 42.2. The number of nitrogens with zero attached hydrogens (tertiary/aromatic N) is 4. The van der Waals surface area contributed by atoms with Gasteiger partial charge in [0.15, 0.2) is 17.5 Å². The van der Waals surface area contributed by atoms with E-state index in [1.54, 1.807) is 6.92 Å². The van der Waals surface area contributed by atoms with Crippen LogP contribution in [0.3, 0.4) is 0 Å². The van der Waals surface area contributed by atoms with Gasteiger partial charge < -0.3 is 19.9 Å². The number of hydrogen-bond donors (Lipinski definition) is 2. The number of benzene rings is 1. The van der Waals surface area contributed by atoms with E-state index in [0.29, 0.717) is 17.7 Å². The Morgan fingerprint density at radius 1 is 1.38 bits per heavy atom. The average Bonchev–Trinajstić information content (AvgIpc) is 3.44. The van der Waals surface area contributed by atoms with Crippen LogP contribution in [0.25, 0.3) is 5.82 Å². The second-order valence-electron chi connectivity index (χ2n) is 7.31. The fraction of sp³-hybridized carbons (Fsp3) is 0.333. The number of aromatic nitrogens is 4. The molecule has 0 aliphatic carbocycles. The second kappa shape index (κ2) is 9.87. The van der Waals surface area contributed by atoms with Crippen molar-refractivity contribution in [3.8, 4) is 11.7 Å². The highest BCUT2D eigenvalue weighted by molar-refractivity contribution is 6.34. The highest BCUT2D eigenvalue weighted by Crippen LogP contribution is 2.28. The van der Waals surface area contributed by atoms with E-state index in [9.17, 15) is 19.1 Å². The molecule has 2 aromatic heterocycles. The molecule has 1 fully saturated rings. The van der Waals surface area contributed by atoms with Gasteiger partial charge in [-0.2, -0.15) is 9.67 Å². The Bertz CT molecular complexity index is 1270. The number of anilines is 1. The van der Waals surface area contributed by atoms with Crippen LogP contribution < -0.4 is 15.7 Å². The summed E-state index contributed by atoms with van der Waals surface area (Å²) in [6.45, 7) is 1.93. The minimum Gasteiger partial charge on any atom is -0.471 e. The first kappa shape index (κ1) is 23.8. The third-order valence-electron chi connectivity index (χ3n) is 5.13. The predicted molar refractivity (Wildman–Crippen MR) is 116 cm³/mol. The van der Waals surface area contributed by atoms with Crippen LogP contribution in [0, 0.1) is 11.6 Å². The van der Waals surface area contributed by atoms with E-state index in [4.69, 9.17) is 21.1 Å². The second-order valence-corrected chi connectivity index (χ2v) is 7.72. The Hall–Kier alpha value is -3.35.